The van der Waals surface area contributed by atoms with Crippen molar-refractivity contribution in [1.82, 2.24) is 5.48 Å². The van der Waals surface area contributed by atoms with Gasteiger partial charge in [-0.25, -0.2) is 0 Å². The summed E-state index contributed by atoms with van der Waals surface area (Å²) in [5.41, 5.74) is 2.22. The molecule has 0 amide bonds. The molecule has 0 aromatic heterocycles. The molecule has 0 saturated heterocycles. The molecule has 0 aliphatic carbocycles. The molecule has 0 rings (SSSR count). The van der Waals surface area contributed by atoms with E-state index in [1.54, 1.807) is 20.8 Å². The fourth-order valence-corrected chi connectivity index (χ4v) is 1.01. The van der Waals surface area contributed by atoms with Crippen molar-refractivity contribution in [3.63, 3.8) is 0 Å². The molecule has 104 valence electrons. The van der Waals surface area contributed by atoms with Crippen LogP contribution in [0.3, 0.4) is 0 Å². The van der Waals surface area contributed by atoms with Crippen LogP contribution in [-0.4, -0.2) is 37.2 Å². The van der Waals surface area contributed by atoms with Crippen LogP contribution in [0.2, 0.25) is 0 Å². The molecule has 7 nitrogen and oxygen atoms in total. The lowest BCUT2D eigenvalue weighted by Crippen LogP contribution is -2.41. The maximum Gasteiger partial charge on any atom is 0.327 e. The summed E-state index contributed by atoms with van der Waals surface area (Å²) in [6.45, 7) is 5.28. The number of hydroxylamine groups is 1. The highest BCUT2D eigenvalue weighted by molar-refractivity contribution is 5.82. The Morgan fingerprint density at radius 3 is 2.11 bits per heavy atom. The predicted octanol–water partition coefficient (Wildman–Crippen LogP) is 0.329. The molecule has 0 aliphatic heterocycles. The van der Waals surface area contributed by atoms with Gasteiger partial charge in [-0.15, -0.1) is 5.48 Å². The number of hydrogen-bond donors (Lipinski definition) is 1. The third kappa shape index (κ3) is 6.85. The summed E-state index contributed by atoms with van der Waals surface area (Å²) in [6, 6.07) is -1.06. The third-order valence-electron chi connectivity index (χ3n) is 1.85. The summed E-state index contributed by atoms with van der Waals surface area (Å²) >= 11 is 0. The van der Waals surface area contributed by atoms with Crippen LogP contribution >= 0.6 is 0 Å². The molecular weight excluding hydrogens is 242 g/mol. The van der Waals surface area contributed by atoms with E-state index in [4.69, 9.17) is 9.47 Å². The molecule has 0 unspecified atom stereocenters. The van der Waals surface area contributed by atoms with Gasteiger partial charge in [-0.2, -0.15) is 0 Å². The average Bonchev–Trinajstić information content (AvgIpc) is 2.34. The average molecular weight is 261 g/mol. The van der Waals surface area contributed by atoms with E-state index in [-0.39, 0.29) is 26.1 Å². The Morgan fingerprint density at radius 2 is 1.61 bits per heavy atom. The number of ether oxygens (including phenoxy) is 2. The zero-order valence-corrected chi connectivity index (χ0v) is 10.9. The second-order valence-corrected chi connectivity index (χ2v) is 3.26. The van der Waals surface area contributed by atoms with E-state index in [0.29, 0.717) is 0 Å². The Morgan fingerprint density at radius 1 is 1.00 bits per heavy atom. The van der Waals surface area contributed by atoms with Crippen LogP contribution in [0.25, 0.3) is 0 Å². The van der Waals surface area contributed by atoms with Crippen LogP contribution in [0.5, 0.6) is 0 Å². The predicted molar refractivity (Wildman–Crippen MR) is 61.2 cm³/mol. The van der Waals surface area contributed by atoms with E-state index in [2.05, 4.69) is 10.3 Å². The number of hydrogen-bond acceptors (Lipinski definition) is 7. The van der Waals surface area contributed by atoms with Gasteiger partial charge in [0.25, 0.3) is 0 Å². The van der Waals surface area contributed by atoms with Crippen molar-refractivity contribution in [3.8, 4) is 0 Å². The van der Waals surface area contributed by atoms with Crippen molar-refractivity contribution >= 4 is 17.9 Å². The first-order valence-electron chi connectivity index (χ1n) is 5.82. The van der Waals surface area contributed by atoms with Crippen molar-refractivity contribution in [1.29, 1.82) is 0 Å². The molecule has 0 bridgehead atoms. The second kappa shape index (κ2) is 9.41. The number of rotatable bonds is 8. The largest absolute Gasteiger partial charge is 0.466 e. The number of carbonyl (C=O) groups is 3. The summed E-state index contributed by atoms with van der Waals surface area (Å²) in [4.78, 5) is 38.3. The van der Waals surface area contributed by atoms with Gasteiger partial charge in [0.2, 0.25) is 0 Å². The van der Waals surface area contributed by atoms with Crippen molar-refractivity contribution < 1.29 is 28.7 Å². The molecule has 0 saturated carbocycles. The summed E-state index contributed by atoms with van der Waals surface area (Å²) in [5.74, 6) is -1.78. The SMILES string of the molecule is CCOC(=O)C[C@H](NOC(=O)CC)C(=O)OCC. The van der Waals surface area contributed by atoms with Crippen molar-refractivity contribution in [2.75, 3.05) is 13.2 Å². The van der Waals surface area contributed by atoms with Crippen LogP contribution in [0.1, 0.15) is 33.6 Å². The molecule has 0 fully saturated rings. The smallest absolute Gasteiger partial charge is 0.327 e. The van der Waals surface area contributed by atoms with Crippen molar-refractivity contribution in [2.45, 2.75) is 39.7 Å². The van der Waals surface area contributed by atoms with Crippen LogP contribution in [-0.2, 0) is 28.7 Å². The topological polar surface area (TPSA) is 90.9 Å². The molecule has 0 aliphatic rings. The Labute approximate surface area is 106 Å². The van der Waals surface area contributed by atoms with Gasteiger partial charge in [0.05, 0.1) is 19.6 Å². The lowest BCUT2D eigenvalue weighted by atomic mass is 10.2. The minimum absolute atomic E-state index is 0.155. The highest BCUT2D eigenvalue weighted by atomic mass is 16.7. The summed E-state index contributed by atoms with van der Waals surface area (Å²) in [6.07, 6.45) is -0.106. The minimum Gasteiger partial charge on any atom is -0.466 e. The third-order valence-corrected chi connectivity index (χ3v) is 1.85. The lowest BCUT2D eigenvalue weighted by Gasteiger charge is -2.15. The first kappa shape index (κ1) is 16.4. The standard InChI is InChI=1S/C11H19NO6/c1-4-9(13)18-12-8(11(15)17-6-3)7-10(14)16-5-2/h8,12H,4-7H2,1-3H3/t8-/m0/s1. The van der Waals surface area contributed by atoms with Gasteiger partial charge in [-0.05, 0) is 13.8 Å². The van der Waals surface area contributed by atoms with Gasteiger partial charge in [0.1, 0.15) is 0 Å². The Balaban J connectivity index is 4.37. The molecule has 18 heavy (non-hydrogen) atoms. The molecule has 0 heterocycles. The zero-order valence-electron chi connectivity index (χ0n) is 10.9. The molecule has 1 atom stereocenters. The van der Waals surface area contributed by atoms with Gasteiger partial charge in [0.15, 0.2) is 6.04 Å². The Hall–Kier alpha value is -1.63. The molecule has 7 heteroatoms. The first-order chi connectivity index (χ1) is 8.54. The van der Waals surface area contributed by atoms with Crippen molar-refractivity contribution in [3.05, 3.63) is 0 Å². The zero-order chi connectivity index (χ0) is 14.0. The maximum atomic E-state index is 11.5. The lowest BCUT2D eigenvalue weighted by molar-refractivity contribution is -0.164. The van der Waals surface area contributed by atoms with Crippen LogP contribution in [0.4, 0.5) is 0 Å². The van der Waals surface area contributed by atoms with E-state index in [1.807, 2.05) is 0 Å². The molecule has 0 spiro atoms. The first-order valence-corrected chi connectivity index (χ1v) is 5.82. The van der Waals surface area contributed by atoms with Gasteiger partial charge in [-0.3, -0.25) is 14.4 Å². The fraction of sp³-hybridized carbons (Fsp3) is 0.727. The van der Waals surface area contributed by atoms with Crippen LogP contribution < -0.4 is 5.48 Å². The Bertz CT molecular complexity index is 291. The molecule has 0 aromatic rings. The summed E-state index contributed by atoms with van der Waals surface area (Å²) in [5, 5.41) is 0. The quantitative estimate of drug-likeness (QED) is 0.382. The highest BCUT2D eigenvalue weighted by Gasteiger charge is 2.25. The van der Waals surface area contributed by atoms with Gasteiger partial charge >= 0.3 is 17.9 Å². The van der Waals surface area contributed by atoms with E-state index < -0.39 is 23.9 Å². The fourth-order valence-electron chi connectivity index (χ4n) is 1.01. The van der Waals surface area contributed by atoms with E-state index in [0.717, 1.165) is 0 Å². The number of nitrogens with one attached hydrogen (secondary N) is 1. The Kier molecular flexibility index (Phi) is 8.55. The van der Waals surface area contributed by atoms with E-state index in [1.165, 1.54) is 0 Å². The summed E-state index contributed by atoms with van der Waals surface area (Å²) < 4.78 is 9.46. The normalized spacial score (nSPS) is 11.5. The van der Waals surface area contributed by atoms with Gasteiger partial charge < -0.3 is 14.3 Å². The van der Waals surface area contributed by atoms with Crippen LogP contribution in [0.15, 0.2) is 0 Å². The molecular formula is C11H19NO6. The summed E-state index contributed by atoms with van der Waals surface area (Å²) in [7, 11) is 0. The van der Waals surface area contributed by atoms with E-state index >= 15 is 0 Å². The second-order valence-electron chi connectivity index (χ2n) is 3.26. The molecule has 0 aromatic carbocycles. The van der Waals surface area contributed by atoms with Crippen LogP contribution in [0, 0.1) is 0 Å². The minimum atomic E-state index is -1.06. The number of esters is 2. The van der Waals surface area contributed by atoms with Crippen molar-refractivity contribution in [2.24, 2.45) is 0 Å². The highest BCUT2D eigenvalue weighted by Crippen LogP contribution is 1.99. The monoisotopic (exact) mass is 261 g/mol. The maximum absolute atomic E-state index is 11.5. The molecule has 1 N–H and O–H groups in total. The van der Waals surface area contributed by atoms with E-state index in [9.17, 15) is 14.4 Å². The van der Waals surface area contributed by atoms with Gasteiger partial charge in [-0.1, -0.05) is 6.92 Å². The number of carbonyl (C=O) groups excluding carboxylic acids is 3. The van der Waals surface area contributed by atoms with Gasteiger partial charge in [0, 0.05) is 6.42 Å². The molecule has 0 radical (unpaired) electrons.